The molecule has 0 aliphatic carbocycles. The molecule has 0 fully saturated rings. The Morgan fingerprint density at radius 2 is 1.93 bits per heavy atom. The molecule has 0 radical (unpaired) electrons. The molecule has 9 heteroatoms. The van der Waals surface area contributed by atoms with Crippen LogP contribution in [0.5, 0.6) is 0 Å². The van der Waals surface area contributed by atoms with E-state index >= 15 is 0 Å². The van der Waals surface area contributed by atoms with Crippen LogP contribution in [0.4, 0.5) is 10.1 Å². The normalized spacial score (nSPS) is 11.0. The molecule has 4 aromatic rings. The molecule has 0 saturated carbocycles. The summed E-state index contributed by atoms with van der Waals surface area (Å²) in [4.78, 5) is 29.1. The number of anilines is 1. The summed E-state index contributed by atoms with van der Waals surface area (Å²) in [5, 5.41) is 7.01. The maximum absolute atomic E-state index is 13.6. The first kappa shape index (κ1) is 18.8. The number of aryl methyl sites for hydroxylation is 1. The van der Waals surface area contributed by atoms with Gasteiger partial charge >= 0.3 is 0 Å². The van der Waals surface area contributed by atoms with Gasteiger partial charge in [0.05, 0.1) is 10.7 Å². The number of para-hydroxylation sites is 1. The van der Waals surface area contributed by atoms with Crippen LogP contribution in [0.3, 0.4) is 0 Å². The number of aromatic nitrogens is 3. The summed E-state index contributed by atoms with van der Waals surface area (Å²) in [5.74, 6) is -0.964. The summed E-state index contributed by atoms with van der Waals surface area (Å²) in [7, 11) is 0. The average molecular weight is 413 g/mol. The van der Waals surface area contributed by atoms with E-state index in [-0.39, 0.29) is 35.4 Å². The molecule has 2 heterocycles. The maximum atomic E-state index is 13.6. The van der Waals surface area contributed by atoms with Crippen molar-refractivity contribution in [3.63, 3.8) is 0 Å². The van der Waals surface area contributed by atoms with Crippen molar-refractivity contribution < 1.29 is 13.7 Å². The smallest absolute Gasteiger partial charge is 0.266 e. The van der Waals surface area contributed by atoms with Gasteiger partial charge in [0.15, 0.2) is 0 Å². The van der Waals surface area contributed by atoms with Crippen molar-refractivity contribution in [3.8, 4) is 11.3 Å². The summed E-state index contributed by atoms with van der Waals surface area (Å²) >= 11 is 6.21. The highest BCUT2D eigenvalue weighted by Gasteiger charge is 2.19. The van der Waals surface area contributed by atoms with Crippen LogP contribution >= 0.6 is 11.6 Å². The van der Waals surface area contributed by atoms with E-state index in [0.717, 1.165) is 0 Å². The second kappa shape index (κ2) is 7.84. The zero-order chi connectivity index (χ0) is 20.4. The second-order valence-corrected chi connectivity index (χ2v) is 6.62. The number of benzene rings is 2. The van der Waals surface area contributed by atoms with Gasteiger partial charge in [0.2, 0.25) is 5.91 Å². The minimum atomic E-state index is -0.532. The van der Waals surface area contributed by atoms with Crippen molar-refractivity contribution in [3.05, 3.63) is 76.1 Å². The molecule has 1 N–H and O–H groups in total. The molecule has 0 aliphatic heterocycles. The molecular weight excluding hydrogens is 399 g/mol. The Balaban J connectivity index is 1.59. The molecule has 0 aliphatic rings. The van der Waals surface area contributed by atoms with Gasteiger partial charge in [0.1, 0.15) is 23.2 Å². The third kappa shape index (κ3) is 3.74. The van der Waals surface area contributed by atoms with Crippen molar-refractivity contribution in [2.45, 2.75) is 13.0 Å². The van der Waals surface area contributed by atoms with Crippen LogP contribution in [0.25, 0.3) is 22.4 Å². The molecule has 0 bridgehead atoms. The van der Waals surface area contributed by atoms with Gasteiger partial charge in [-0.05, 0) is 18.2 Å². The average Bonchev–Trinajstić information content (AvgIpc) is 3.14. The van der Waals surface area contributed by atoms with E-state index in [1.165, 1.54) is 29.1 Å². The number of nitrogens with zero attached hydrogens (tertiary/aromatic N) is 3. The highest BCUT2D eigenvalue weighted by molar-refractivity contribution is 6.33. The first-order valence-electron chi connectivity index (χ1n) is 8.68. The molecule has 0 unspecified atom stereocenters. The van der Waals surface area contributed by atoms with Crippen LogP contribution in [-0.2, 0) is 11.3 Å². The van der Waals surface area contributed by atoms with Gasteiger partial charge in [0.25, 0.3) is 11.3 Å². The summed E-state index contributed by atoms with van der Waals surface area (Å²) in [6.07, 6.45) is 1.23. The van der Waals surface area contributed by atoms with E-state index in [1.807, 2.05) is 0 Å². The molecule has 29 heavy (non-hydrogen) atoms. The van der Waals surface area contributed by atoms with Gasteiger partial charge < -0.3 is 9.84 Å². The largest absolute Gasteiger partial charge is 0.335 e. The van der Waals surface area contributed by atoms with Crippen molar-refractivity contribution in [1.29, 1.82) is 0 Å². The number of carbonyl (C=O) groups is 1. The van der Waals surface area contributed by atoms with Crippen LogP contribution in [-0.4, -0.2) is 20.6 Å². The second-order valence-electron chi connectivity index (χ2n) is 6.21. The number of halogens is 2. The van der Waals surface area contributed by atoms with Gasteiger partial charge in [-0.2, -0.15) is 0 Å². The zero-order valence-corrected chi connectivity index (χ0v) is 15.7. The quantitative estimate of drug-likeness (QED) is 0.537. The number of hydrogen-bond acceptors (Lipinski definition) is 5. The molecule has 1 amide bonds. The molecule has 7 nitrogen and oxygen atoms in total. The molecule has 0 spiro atoms. The minimum Gasteiger partial charge on any atom is -0.335 e. The summed E-state index contributed by atoms with van der Waals surface area (Å²) < 4.78 is 20.1. The molecule has 146 valence electrons. The third-order valence-corrected chi connectivity index (χ3v) is 4.65. The Hall–Kier alpha value is -3.52. The first-order valence-corrected chi connectivity index (χ1v) is 9.06. The van der Waals surface area contributed by atoms with Gasteiger partial charge in [-0.25, -0.2) is 9.37 Å². The standard InChI is InChI=1S/C20H14ClFN4O3/c21-13-6-2-1-5-12(13)18-17-19(29-25-18)23-11-26(20(17)28)10-9-16(27)24-15-8-4-3-7-14(15)22/h1-8,11H,9-10H2,(H,24,27). The lowest BCUT2D eigenvalue weighted by atomic mass is 10.1. The number of nitrogens with one attached hydrogen (secondary N) is 1. The van der Waals surface area contributed by atoms with Crippen LogP contribution in [0.15, 0.2) is 64.2 Å². The predicted octanol–water partition coefficient (Wildman–Crippen LogP) is 3.87. The Labute approximate surface area is 168 Å². The fraction of sp³-hybridized carbons (Fsp3) is 0.100. The van der Waals surface area contributed by atoms with Crippen LogP contribution in [0.2, 0.25) is 5.02 Å². The fourth-order valence-electron chi connectivity index (χ4n) is 2.87. The Bertz CT molecular complexity index is 1270. The SMILES string of the molecule is O=C(CCn1cnc2onc(-c3ccccc3Cl)c2c1=O)Nc1ccccc1F. The molecule has 4 rings (SSSR count). The Morgan fingerprint density at radius 3 is 2.72 bits per heavy atom. The van der Waals surface area contributed by atoms with Crippen molar-refractivity contribution in [2.75, 3.05) is 5.32 Å². The third-order valence-electron chi connectivity index (χ3n) is 4.32. The van der Waals surface area contributed by atoms with Crippen molar-refractivity contribution in [1.82, 2.24) is 14.7 Å². The van der Waals surface area contributed by atoms with E-state index in [2.05, 4.69) is 15.5 Å². The van der Waals surface area contributed by atoms with Gasteiger partial charge in [-0.15, -0.1) is 0 Å². The minimum absolute atomic E-state index is 0.0475. The van der Waals surface area contributed by atoms with Crippen LogP contribution in [0.1, 0.15) is 6.42 Å². The van der Waals surface area contributed by atoms with E-state index in [4.69, 9.17) is 16.1 Å². The van der Waals surface area contributed by atoms with Crippen molar-refractivity contribution in [2.24, 2.45) is 0 Å². The molecule has 0 atom stereocenters. The van der Waals surface area contributed by atoms with Gasteiger partial charge in [-0.1, -0.05) is 47.1 Å². The number of rotatable bonds is 5. The lowest BCUT2D eigenvalue weighted by Gasteiger charge is -2.07. The van der Waals surface area contributed by atoms with E-state index in [1.54, 1.807) is 30.3 Å². The van der Waals surface area contributed by atoms with E-state index < -0.39 is 17.3 Å². The van der Waals surface area contributed by atoms with Crippen molar-refractivity contribution >= 4 is 34.3 Å². The number of carbonyl (C=O) groups excluding carboxylic acids is 1. The lowest BCUT2D eigenvalue weighted by Crippen LogP contribution is -2.23. The van der Waals surface area contributed by atoms with Crippen LogP contribution in [0, 0.1) is 5.82 Å². The molecule has 2 aromatic carbocycles. The molecule has 0 saturated heterocycles. The Kier molecular flexibility index (Phi) is 5.09. The van der Waals surface area contributed by atoms with Crippen LogP contribution < -0.4 is 10.9 Å². The summed E-state index contributed by atoms with van der Waals surface area (Å²) in [6, 6.07) is 12.8. The molecular formula is C20H14ClFN4O3. The number of amides is 1. The van der Waals surface area contributed by atoms with E-state index in [9.17, 15) is 14.0 Å². The Morgan fingerprint density at radius 1 is 1.17 bits per heavy atom. The number of hydrogen-bond donors (Lipinski definition) is 1. The highest BCUT2D eigenvalue weighted by atomic mass is 35.5. The topological polar surface area (TPSA) is 90.0 Å². The van der Waals surface area contributed by atoms with E-state index in [0.29, 0.717) is 10.6 Å². The zero-order valence-electron chi connectivity index (χ0n) is 14.9. The number of fused-ring (bicyclic) bond motifs is 1. The fourth-order valence-corrected chi connectivity index (χ4v) is 3.10. The molecule has 2 aromatic heterocycles. The summed E-state index contributed by atoms with van der Waals surface area (Å²) in [5.41, 5.74) is 0.579. The predicted molar refractivity (Wildman–Crippen MR) is 106 cm³/mol. The van der Waals surface area contributed by atoms with Gasteiger partial charge in [-0.3, -0.25) is 14.2 Å². The maximum Gasteiger partial charge on any atom is 0.266 e. The van der Waals surface area contributed by atoms with Gasteiger partial charge in [0, 0.05) is 18.5 Å². The highest BCUT2D eigenvalue weighted by Crippen LogP contribution is 2.30. The first-order chi connectivity index (χ1) is 14.0. The summed E-state index contributed by atoms with van der Waals surface area (Å²) in [6.45, 7) is 0.0508. The monoisotopic (exact) mass is 412 g/mol. The lowest BCUT2D eigenvalue weighted by molar-refractivity contribution is -0.116.